The molecule has 0 bridgehead atoms. The number of thiophene rings is 1. The highest BCUT2D eigenvalue weighted by atomic mass is 32.1. The van der Waals surface area contributed by atoms with Crippen molar-refractivity contribution in [2.75, 3.05) is 24.7 Å². The van der Waals surface area contributed by atoms with Crippen LogP contribution in [0.25, 0.3) is 0 Å². The zero-order valence-electron chi connectivity index (χ0n) is 17.5. The summed E-state index contributed by atoms with van der Waals surface area (Å²) in [4.78, 5) is 38.4. The van der Waals surface area contributed by atoms with Crippen LogP contribution in [0, 0.1) is 10.1 Å². The summed E-state index contributed by atoms with van der Waals surface area (Å²) < 4.78 is 16.3. The van der Waals surface area contributed by atoms with E-state index in [1.807, 2.05) is 17.5 Å². The van der Waals surface area contributed by atoms with Gasteiger partial charge in [0.05, 0.1) is 17.9 Å². The number of benzene rings is 2. The van der Waals surface area contributed by atoms with E-state index in [-0.39, 0.29) is 24.2 Å². The predicted molar refractivity (Wildman–Crippen MR) is 121 cm³/mol. The van der Waals surface area contributed by atoms with Gasteiger partial charge in [0.15, 0.2) is 18.1 Å². The number of ether oxygens (including phenoxy) is 3. The third kappa shape index (κ3) is 5.47. The first-order chi connectivity index (χ1) is 16.0. The maximum absolute atomic E-state index is 13.0. The van der Waals surface area contributed by atoms with Crippen LogP contribution in [0.1, 0.15) is 10.4 Å². The standard InChI is InChI=1S/C23H20N2O7S/c26-22(15-32-23(27)12-16-4-1-2-6-19(16)25(28)29)24(14-18-5-3-11-33-18)17-7-8-20-21(13-17)31-10-9-30-20/h1-8,11,13H,9-10,12,14-15H2. The summed E-state index contributed by atoms with van der Waals surface area (Å²) in [5.41, 5.74) is 0.631. The number of carbonyl (C=O) groups excluding carboxylic acids is 2. The minimum Gasteiger partial charge on any atom is -0.486 e. The number of nitrogens with zero attached hydrogens (tertiary/aromatic N) is 2. The van der Waals surface area contributed by atoms with Crippen molar-refractivity contribution in [1.29, 1.82) is 0 Å². The Morgan fingerprint density at radius 3 is 2.61 bits per heavy atom. The van der Waals surface area contributed by atoms with Gasteiger partial charge in [0.2, 0.25) is 0 Å². The Morgan fingerprint density at radius 2 is 1.85 bits per heavy atom. The highest BCUT2D eigenvalue weighted by Gasteiger charge is 2.23. The van der Waals surface area contributed by atoms with Gasteiger partial charge in [-0.2, -0.15) is 0 Å². The lowest BCUT2D eigenvalue weighted by atomic mass is 10.1. The van der Waals surface area contributed by atoms with E-state index in [9.17, 15) is 19.7 Å². The number of fused-ring (bicyclic) bond motifs is 1. The van der Waals surface area contributed by atoms with Gasteiger partial charge in [-0.15, -0.1) is 11.3 Å². The number of esters is 1. The monoisotopic (exact) mass is 468 g/mol. The summed E-state index contributed by atoms with van der Waals surface area (Å²) in [6.45, 7) is 0.662. The van der Waals surface area contributed by atoms with Gasteiger partial charge in [-0.05, 0) is 23.6 Å². The van der Waals surface area contributed by atoms with Crippen LogP contribution in [0.5, 0.6) is 11.5 Å². The van der Waals surface area contributed by atoms with Crippen LogP contribution in [0.15, 0.2) is 60.0 Å². The smallest absolute Gasteiger partial charge is 0.311 e. The summed E-state index contributed by atoms with van der Waals surface area (Å²) in [5, 5.41) is 13.1. The summed E-state index contributed by atoms with van der Waals surface area (Å²) in [6.07, 6.45) is -0.306. The molecule has 0 fully saturated rings. The van der Waals surface area contributed by atoms with Crippen molar-refractivity contribution >= 4 is 34.6 Å². The molecule has 170 valence electrons. The molecule has 0 unspecified atom stereocenters. The molecule has 0 radical (unpaired) electrons. The summed E-state index contributed by atoms with van der Waals surface area (Å²) in [7, 11) is 0. The first-order valence-corrected chi connectivity index (χ1v) is 11.0. The van der Waals surface area contributed by atoms with E-state index >= 15 is 0 Å². The number of nitro groups is 1. The molecular formula is C23H20N2O7S. The second kappa shape index (κ2) is 10.1. The van der Waals surface area contributed by atoms with Crippen molar-refractivity contribution in [1.82, 2.24) is 0 Å². The minimum atomic E-state index is -0.726. The number of anilines is 1. The fourth-order valence-corrected chi connectivity index (χ4v) is 4.04. The van der Waals surface area contributed by atoms with Gasteiger partial charge in [0.25, 0.3) is 11.6 Å². The fraction of sp³-hybridized carbons (Fsp3) is 0.217. The van der Waals surface area contributed by atoms with Gasteiger partial charge in [-0.1, -0.05) is 24.3 Å². The molecule has 9 nitrogen and oxygen atoms in total. The molecule has 2 heterocycles. The SMILES string of the molecule is O=C(Cc1ccccc1[N+](=O)[O-])OCC(=O)N(Cc1cccs1)c1ccc2c(c1)OCCO2. The molecule has 33 heavy (non-hydrogen) atoms. The second-order valence-corrected chi connectivity index (χ2v) is 8.14. The molecule has 0 saturated carbocycles. The Balaban J connectivity index is 1.47. The Labute approximate surface area is 193 Å². The predicted octanol–water partition coefficient (Wildman–Crippen LogP) is 3.75. The van der Waals surface area contributed by atoms with Gasteiger partial charge >= 0.3 is 5.97 Å². The van der Waals surface area contributed by atoms with Crippen LogP contribution in [0.2, 0.25) is 0 Å². The Hall–Kier alpha value is -3.92. The topological polar surface area (TPSA) is 108 Å². The number of rotatable bonds is 8. The quantitative estimate of drug-likeness (QED) is 0.281. The van der Waals surface area contributed by atoms with Gasteiger partial charge < -0.3 is 19.1 Å². The van der Waals surface area contributed by atoms with Gasteiger partial charge in [-0.25, -0.2) is 0 Å². The van der Waals surface area contributed by atoms with E-state index in [2.05, 4.69) is 0 Å². The molecule has 10 heteroatoms. The van der Waals surface area contributed by atoms with E-state index in [0.717, 1.165) is 4.88 Å². The molecule has 1 aromatic heterocycles. The molecule has 0 saturated heterocycles. The molecular weight excluding hydrogens is 448 g/mol. The molecule has 4 rings (SSSR count). The summed E-state index contributed by atoms with van der Waals surface area (Å²) in [5.74, 6) is -0.0209. The molecule has 0 spiro atoms. The van der Waals surface area contributed by atoms with Gasteiger partial charge in [-0.3, -0.25) is 19.7 Å². The average Bonchev–Trinajstić information content (AvgIpc) is 3.34. The second-order valence-electron chi connectivity index (χ2n) is 7.11. The Morgan fingerprint density at radius 1 is 1.06 bits per heavy atom. The van der Waals surface area contributed by atoms with Crippen LogP contribution in [-0.2, 0) is 27.3 Å². The molecule has 1 amide bonds. The zero-order valence-corrected chi connectivity index (χ0v) is 18.3. The van der Waals surface area contributed by atoms with Crippen molar-refractivity contribution in [3.8, 4) is 11.5 Å². The third-order valence-corrected chi connectivity index (χ3v) is 5.77. The van der Waals surface area contributed by atoms with Crippen molar-refractivity contribution in [2.45, 2.75) is 13.0 Å². The highest BCUT2D eigenvalue weighted by Crippen LogP contribution is 2.34. The van der Waals surface area contributed by atoms with Crippen LogP contribution >= 0.6 is 11.3 Å². The number of nitro benzene ring substituents is 1. The van der Waals surface area contributed by atoms with E-state index < -0.39 is 23.4 Å². The molecule has 2 aromatic carbocycles. The number of para-hydroxylation sites is 1. The van der Waals surface area contributed by atoms with Crippen LogP contribution in [-0.4, -0.2) is 36.6 Å². The maximum Gasteiger partial charge on any atom is 0.311 e. The molecule has 1 aliphatic rings. The zero-order chi connectivity index (χ0) is 23.2. The highest BCUT2D eigenvalue weighted by molar-refractivity contribution is 7.09. The largest absolute Gasteiger partial charge is 0.486 e. The van der Waals surface area contributed by atoms with E-state index in [0.29, 0.717) is 30.4 Å². The van der Waals surface area contributed by atoms with Crippen molar-refractivity contribution < 1.29 is 28.7 Å². The lowest BCUT2D eigenvalue weighted by Crippen LogP contribution is -2.34. The summed E-state index contributed by atoms with van der Waals surface area (Å²) in [6, 6.07) is 14.9. The van der Waals surface area contributed by atoms with Crippen LogP contribution in [0.3, 0.4) is 0 Å². The lowest BCUT2D eigenvalue weighted by molar-refractivity contribution is -0.385. The first kappa shape index (κ1) is 22.3. The molecule has 0 aliphatic carbocycles. The van der Waals surface area contributed by atoms with E-state index in [1.54, 1.807) is 24.3 Å². The summed E-state index contributed by atoms with van der Waals surface area (Å²) >= 11 is 1.50. The van der Waals surface area contributed by atoms with Crippen LogP contribution < -0.4 is 14.4 Å². The minimum absolute atomic E-state index is 0.170. The van der Waals surface area contributed by atoms with Crippen LogP contribution in [0.4, 0.5) is 11.4 Å². The van der Waals surface area contributed by atoms with Crippen molar-refractivity contribution in [3.63, 3.8) is 0 Å². The first-order valence-electron chi connectivity index (χ1n) is 10.1. The Kier molecular flexibility index (Phi) is 6.84. The van der Waals surface area contributed by atoms with E-state index in [4.69, 9.17) is 14.2 Å². The fourth-order valence-electron chi connectivity index (χ4n) is 3.35. The van der Waals surface area contributed by atoms with Gasteiger partial charge in [0.1, 0.15) is 13.2 Å². The normalized spacial score (nSPS) is 12.1. The molecule has 1 aliphatic heterocycles. The molecule has 0 N–H and O–H groups in total. The van der Waals surface area contributed by atoms with Gasteiger partial charge in [0, 0.05) is 28.3 Å². The number of hydrogen-bond acceptors (Lipinski definition) is 8. The number of hydrogen-bond donors (Lipinski definition) is 0. The number of carbonyl (C=O) groups is 2. The average molecular weight is 468 g/mol. The maximum atomic E-state index is 13.0. The Bertz CT molecular complexity index is 1160. The van der Waals surface area contributed by atoms with E-state index in [1.165, 1.54) is 34.4 Å². The molecule has 3 aromatic rings. The third-order valence-electron chi connectivity index (χ3n) is 4.91. The molecule has 0 atom stereocenters. The van der Waals surface area contributed by atoms with Crippen molar-refractivity contribution in [3.05, 3.63) is 80.5 Å². The van der Waals surface area contributed by atoms with Crippen molar-refractivity contribution in [2.24, 2.45) is 0 Å². The number of amides is 1. The lowest BCUT2D eigenvalue weighted by Gasteiger charge is -2.25.